The van der Waals surface area contributed by atoms with E-state index in [9.17, 15) is 0 Å². The lowest BCUT2D eigenvalue weighted by atomic mass is 9.81. The highest BCUT2D eigenvalue weighted by Crippen LogP contribution is 2.50. The SMILES string of the molecule is C.C.CC1(C)c2ccccc2-c2ccc(-c3ccc(N(c4ccc(-c5ccccc5)cc4)c4cccc5oc6ccc(-c7ccc8c(c7)c7ccccc7n8-c7ccccc7)cc6c45)cc3)cc21. The van der Waals surface area contributed by atoms with Gasteiger partial charge in [0.15, 0.2) is 0 Å². The van der Waals surface area contributed by atoms with E-state index in [-0.39, 0.29) is 20.3 Å². The van der Waals surface area contributed by atoms with Crippen LogP contribution in [0.2, 0.25) is 0 Å². The smallest absolute Gasteiger partial charge is 0.137 e. The van der Waals surface area contributed by atoms with Crippen LogP contribution >= 0.6 is 0 Å². The summed E-state index contributed by atoms with van der Waals surface area (Å²) < 4.78 is 9.05. The van der Waals surface area contributed by atoms with Crippen LogP contribution in [-0.4, -0.2) is 4.57 Å². The Morgan fingerprint density at radius 2 is 0.926 bits per heavy atom. The first-order valence-corrected chi connectivity index (χ1v) is 22.8. The predicted molar refractivity (Wildman–Crippen MR) is 290 cm³/mol. The summed E-state index contributed by atoms with van der Waals surface area (Å²) in [5.74, 6) is 0. The van der Waals surface area contributed by atoms with Gasteiger partial charge in [0, 0.05) is 38.6 Å². The van der Waals surface area contributed by atoms with Gasteiger partial charge < -0.3 is 13.9 Å². The van der Waals surface area contributed by atoms with Crippen molar-refractivity contribution in [3.05, 3.63) is 242 Å². The Morgan fingerprint density at radius 1 is 0.382 bits per heavy atom. The van der Waals surface area contributed by atoms with Gasteiger partial charge in [-0.25, -0.2) is 0 Å². The van der Waals surface area contributed by atoms with Crippen LogP contribution in [0.1, 0.15) is 39.8 Å². The normalized spacial score (nSPS) is 12.4. The van der Waals surface area contributed by atoms with Gasteiger partial charge in [0.25, 0.3) is 0 Å². The number of furan rings is 1. The maximum Gasteiger partial charge on any atom is 0.137 e. The minimum absolute atomic E-state index is 0. The van der Waals surface area contributed by atoms with E-state index in [1.165, 1.54) is 66.3 Å². The van der Waals surface area contributed by atoms with Gasteiger partial charge in [-0.05, 0) is 141 Å². The van der Waals surface area contributed by atoms with Gasteiger partial charge in [0.2, 0.25) is 0 Å². The Labute approximate surface area is 398 Å². The van der Waals surface area contributed by atoms with Crippen molar-refractivity contribution in [1.29, 1.82) is 0 Å². The largest absolute Gasteiger partial charge is 0.456 e. The summed E-state index contributed by atoms with van der Waals surface area (Å²) in [5.41, 5.74) is 20.9. The first kappa shape index (κ1) is 42.2. The molecular weight excluding hydrogens is 825 g/mol. The van der Waals surface area contributed by atoms with Gasteiger partial charge >= 0.3 is 0 Å². The second-order valence-corrected chi connectivity index (χ2v) is 18.1. The zero-order chi connectivity index (χ0) is 43.9. The number of rotatable bonds is 7. The van der Waals surface area contributed by atoms with Gasteiger partial charge in [-0.15, -0.1) is 0 Å². The van der Waals surface area contributed by atoms with E-state index in [1.54, 1.807) is 0 Å². The molecule has 0 radical (unpaired) electrons. The van der Waals surface area contributed by atoms with Crippen LogP contribution in [0.5, 0.6) is 0 Å². The fraction of sp³-hybridized carbons (Fsp3) is 0.0769. The lowest BCUT2D eigenvalue weighted by Gasteiger charge is -2.27. The summed E-state index contributed by atoms with van der Waals surface area (Å²) >= 11 is 0. The van der Waals surface area contributed by atoms with Crippen molar-refractivity contribution in [2.24, 2.45) is 0 Å². The molecule has 2 heterocycles. The van der Waals surface area contributed by atoms with Gasteiger partial charge in [-0.2, -0.15) is 0 Å². The average Bonchev–Trinajstić information content (AvgIpc) is 4.00. The molecule has 0 saturated heterocycles. The first-order valence-electron chi connectivity index (χ1n) is 22.8. The Balaban J connectivity index is 0.00000253. The van der Waals surface area contributed by atoms with E-state index in [0.717, 1.165) is 55.8 Å². The van der Waals surface area contributed by atoms with Crippen LogP contribution in [0, 0.1) is 0 Å². The third-order valence-electron chi connectivity index (χ3n) is 14.0. The second kappa shape index (κ2) is 16.5. The maximum atomic E-state index is 6.69. The minimum Gasteiger partial charge on any atom is -0.456 e. The van der Waals surface area contributed by atoms with Crippen molar-refractivity contribution < 1.29 is 4.42 Å². The molecule has 3 nitrogen and oxygen atoms in total. The monoisotopic (exact) mass is 876 g/mol. The quantitative estimate of drug-likeness (QED) is 0.159. The van der Waals surface area contributed by atoms with E-state index in [2.05, 4.69) is 254 Å². The van der Waals surface area contributed by atoms with E-state index in [1.807, 2.05) is 0 Å². The molecule has 68 heavy (non-hydrogen) atoms. The van der Waals surface area contributed by atoms with Crippen molar-refractivity contribution in [2.75, 3.05) is 4.90 Å². The molecule has 0 amide bonds. The van der Waals surface area contributed by atoms with E-state index in [4.69, 9.17) is 4.42 Å². The molecule has 0 N–H and O–H groups in total. The molecule has 0 aliphatic heterocycles. The van der Waals surface area contributed by atoms with E-state index >= 15 is 0 Å². The minimum atomic E-state index is -0.0635. The zero-order valence-corrected chi connectivity index (χ0v) is 36.7. The highest BCUT2D eigenvalue weighted by molar-refractivity contribution is 6.15. The summed E-state index contributed by atoms with van der Waals surface area (Å²) in [6, 6.07) is 83.8. The van der Waals surface area contributed by atoms with Gasteiger partial charge in [0.1, 0.15) is 11.2 Å². The van der Waals surface area contributed by atoms with Crippen molar-refractivity contribution in [3.8, 4) is 50.2 Å². The highest BCUT2D eigenvalue weighted by atomic mass is 16.3. The van der Waals surface area contributed by atoms with Gasteiger partial charge in [-0.3, -0.25) is 0 Å². The van der Waals surface area contributed by atoms with Crippen LogP contribution in [0.4, 0.5) is 17.1 Å². The summed E-state index contributed by atoms with van der Waals surface area (Å²) in [5, 5.41) is 4.62. The third kappa shape index (κ3) is 6.65. The zero-order valence-electron chi connectivity index (χ0n) is 36.7. The Hall–Kier alpha value is -8.40. The number of para-hydroxylation sites is 2. The van der Waals surface area contributed by atoms with E-state index in [0.29, 0.717) is 0 Å². The molecule has 0 fully saturated rings. The molecular formula is C65H52N2O. The summed E-state index contributed by atoms with van der Waals surface area (Å²) in [6.07, 6.45) is 0. The first-order chi connectivity index (χ1) is 32.5. The Kier molecular flexibility index (Phi) is 10.2. The molecule has 12 aromatic rings. The molecule has 328 valence electrons. The molecule has 13 rings (SSSR count). The standard InChI is InChI=1S/C63H44N2O.2CH4/c1-63(2)55-20-11-9-18-50(55)51-35-28-46(40-56(51)63)43-26-33-49(34-27-43)64(48-31-24-42(25-32-48)41-14-5-3-6-15-41)59-22-13-23-61-62(59)54-39-45(30-37-60(54)66-61)44-29-36-58-53(38-44)52-19-10-12-21-57(52)65(58)47-16-7-4-8-17-47;;/h3-40H,1-2H3;2*1H4. The number of nitrogens with zero attached hydrogens (tertiary/aromatic N) is 2. The molecule has 10 aromatic carbocycles. The second-order valence-electron chi connectivity index (χ2n) is 18.1. The fourth-order valence-corrected chi connectivity index (χ4v) is 10.7. The molecule has 0 saturated carbocycles. The van der Waals surface area contributed by atoms with Crippen molar-refractivity contribution in [2.45, 2.75) is 34.1 Å². The van der Waals surface area contributed by atoms with Crippen molar-refractivity contribution in [3.63, 3.8) is 0 Å². The molecule has 0 unspecified atom stereocenters. The predicted octanol–water partition coefficient (Wildman–Crippen LogP) is 18.7. The van der Waals surface area contributed by atoms with Crippen molar-refractivity contribution in [1.82, 2.24) is 4.57 Å². The topological polar surface area (TPSA) is 21.3 Å². The van der Waals surface area contributed by atoms with Crippen LogP contribution in [0.15, 0.2) is 235 Å². The van der Waals surface area contributed by atoms with E-state index < -0.39 is 0 Å². The Bertz CT molecular complexity index is 3820. The number of hydrogen-bond acceptors (Lipinski definition) is 2. The number of anilines is 3. The molecule has 2 aromatic heterocycles. The molecule has 1 aliphatic carbocycles. The van der Waals surface area contributed by atoms with Crippen LogP contribution in [0.25, 0.3) is 93.9 Å². The highest BCUT2D eigenvalue weighted by Gasteiger charge is 2.35. The molecule has 0 spiro atoms. The van der Waals surface area contributed by atoms with Crippen molar-refractivity contribution >= 4 is 60.8 Å². The average molecular weight is 877 g/mol. The van der Waals surface area contributed by atoms with Crippen LogP contribution < -0.4 is 4.90 Å². The molecule has 1 aliphatic rings. The Morgan fingerprint density at radius 3 is 1.68 bits per heavy atom. The summed E-state index contributed by atoms with van der Waals surface area (Å²) in [6.45, 7) is 4.69. The lowest BCUT2D eigenvalue weighted by Crippen LogP contribution is -2.14. The molecule has 0 atom stereocenters. The summed E-state index contributed by atoms with van der Waals surface area (Å²) in [7, 11) is 0. The fourth-order valence-electron chi connectivity index (χ4n) is 10.7. The maximum absolute atomic E-state index is 6.69. The summed E-state index contributed by atoms with van der Waals surface area (Å²) in [4.78, 5) is 2.38. The van der Waals surface area contributed by atoms with Crippen LogP contribution in [0.3, 0.4) is 0 Å². The molecule has 3 heteroatoms. The number of fused-ring (bicyclic) bond motifs is 9. The third-order valence-corrected chi connectivity index (χ3v) is 14.0. The number of benzene rings is 10. The number of hydrogen-bond donors (Lipinski definition) is 0. The van der Waals surface area contributed by atoms with Gasteiger partial charge in [-0.1, -0.05) is 174 Å². The van der Waals surface area contributed by atoms with Crippen LogP contribution in [-0.2, 0) is 5.41 Å². The number of aromatic nitrogens is 1. The molecule has 0 bridgehead atoms. The lowest BCUT2D eigenvalue weighted by molar-refractivity contribution is 0.660. The van der Waals surface area contributed by atoms with Gasteiger partial charge in [0.05, 0.1) is 22.1 Å².